The van der Waals surface area contributed by atoms with Crippen molar-refractivity contribution >= 4 is 27.5 Å². The van der Waals surface area contributed by atoms with E-state index in [1.165, 1.54) is 48.7 Å². The van der Waals surface area contributed by atoms with Crippen LogP contribution in [-0.2, 0) is 33.3 Å². The van der Waals surface area contributed by atoms with E-state index in [1.54, 1.807) is 13.2 Å². The first-order valence-electron chi connectivity index (χ1n) is 8.29. The minimum Gasteiger partial charge on any atom is -1.00 e. The number of benzene rings is 1. The molecule has 142 valence electrons. The van der Waals surface area contributed by atoms with Crippen LogP contribution in [0.15, 0.2) is 12.1 Å². The van der Waals surface area contributed by atoms with Gasteiger partial charge in [-0.1, -0.05) is 0 Å². The Kier molecular flexibility index (Phi) is 9.78. The van der Waals surface area contributed by atoms with E-state index in [2.05, 4.69) is 0 Å². The van der Waals surface area contributed by atoms with Crippen LogP contribution in [0.2, 0.25) is 0 Å². The summed E-state index contributed by atoms with van der Waals surface area (Å²) in [6, 6.07) is 3.76. The summed E-state index contributed by atoms with van der Waals surface area (Å²) >= 11 is 0. The summed E-state index contributed by atoms with van der Waals surface area (Å²) in [7, 11) is 2.38. The highest BCUT2D eigenvalue weighted by molar-refractivity contribution is 7.96. The van der Waals surface area contributed by atoms with Crippen molar-refractivity contribution < 1.29 is 34.5 Å². The Morgan fingerprint density at radius 1 is 0.960 bits per heavy atom. The number of hydrogen-bond donors (Lipinski definition) is 0. The molecule has 0 amide bonds. The summed E-state index contributed by atoms with van der Waals surface area (Å²) in [6.45, 7) is 0. The van der Waals surface area contributed by atoms with Gasteiger partial charge >= 0.3 is 0 Å². The molecule has 1 aromatic rings. The third-order valence-corrected chi connectivity index (χ3v) is 9.53. The van der Waals surface area contributed by atoms with Gasteiger partial charge in [-0.3, -0.25) is 10.1 Å². The van der Waals surface area contributed by atoms with E-state index >= 15 is 0 Å². The minimum atomic E-state index is -0.199. The molecule has 0 atom stereocenters. The molecule has 8 heteroatoms. The molecule has 25 heavy (non-hydrogen) atoms. The van der Waals surface area contributed by atoms with E-state index in [-0.39, 0.29) is 29.7 Å². The van der Waals surface area contributed by atoms with Gasteiger partial charge in [-0.2, -0.15) is 0 Å². The maximum atomic E-state index is 11.6. The third kappa shape index (κ3) is 5.84. The van der Waals surface area contributed by atoms with E-state index in [1.807, 2.05) is 6.07 Å². The second-order valence-electron chi connectivity index (χ2n) is 6.29. The molecule has 0 unspecified atom stereocenters. The molecule has 0 aromatic heterocycles. The highest BCUT2D eigenvalue weighted by Gasteiger charge is 2.31. The number of ether oxygens (including phenoxy) is 1. The van der Waals surface area contributed by atoms with E-state index in [0.717, 1.165) is 28.4 Å². The van der Waals surface area contributed by atoms with Crippen LogP contribution in [0.1, 0.15) is 36.8 Å². The Morgan fingerprint density at radius 2 is 1.44 bits per heavy atom. The lowest BCUT2D eigenvalue weighted by Gasteiger charge is -2.11. The standard InChI is InChI=1S/C17H25NO3S2.2ClH/c1-21-17-11-14(12-22-6-2-3-7-22)16(18(19)20)10-15(17)13-23-8-4-5-9-23;;/h10-11H,2-9,12-13H2,1H3;2*1H/q+2;;/p-2. The molecule has 2 aliphatic rings. The van der Waals surface area contributed by atoms with Gasteiger partial charge in [-0.05, 0) is 53.5 Å². The highest BCUT2D eigenvalue weighted by atomic mass is 35.5. The van der Waals surface area contributed by atoms with Gasteiger partial charge in [0.15, 0.2) is 0 Å². The Bertz CT molecular complexity index is 577. The van der Waals surface area contributed by atoms with E-state index < -0.39 is 0 Å². The van der Waals surface area contributed by atoms with Gasteiger partial charge in [0.1, 0.15) is 40.3 Å². The van der Waals surface area contributed by atoms with Crippen LogP contribution in [0, 0.1) is 10.1 Å². The summed E-state index contributed by atoms with van der Waals surface area (Å²) in [5, 5.41) is 11.6. The van der Waals surface area contributed by atoms with Crippen molar-refractivity contribution in [2.24, 2.45) is 0 Å². The average Bonchev–Trinajstić information content (AvgIpc) is 3.21. The second-order valence-corrected chi connectivity index (χ2v) is 11.0. The fourth-order valence-corrected chi connectivity index (χ4v) is 8.17. The first-order valence-corrected chi connectivity index (χ1v) is 11.8. The van der Waals surface area contributed by atoms with Crippen molar-refractivity contribution in [3.63, 3.8) is 0 Å². The maximum Gasteiger partial charge on any atom is 0.278 e. The zero-order valence-electron chi connectivity index (χ0n) is 14.5. The number of nitro benzene ring substituents is 1. The zero-order valence-corrected chi connectivity index (χ0v) is 17.6. The molecular formula is C17H25Cl2NO3S2. The number of nitro groups is 1. The predicted octanol–water partition coefficient (Wildman–Crippen LogP) is -2.56. The van der Waals surface area contributed by atoms with Gasteiger partial charge in [0.2, 0.25) is 0 Å². The normalized spacial score (nSPS) is 17.8. The predicted molar refractivity (Wildman–Crippen MR) is 99.7 cm³/mol. The molecular weight excluding hydrogens is 401 g/mol. The van der Waals surface area contributed by atoms with Gasteiger partial charge in [0, 0.05) is 11.6 Å². The van der Waals surface area contributed by atoms with Gasteiger partial charge < -0.3 is 29.6 Å². The topological polar surface area (TPSA) is 52.4 Å². The van der Waals surface area contributed by atoms with E-state index in [9.17, 15) is 10.1 Å². The molecule has 0 saturated carbocycles. The van der Waals surface area contributed by atoms with Crippen molar-refractivity contribution in [1.82, 2.24) is 0 Å². The quantitative estimate of drug-likeness (QED) is 0.286. The van der Waals surface area contributed by atoms with Crippen LogP contribution in [-0.4, -0.2) is 35.0 Å². The van der Waals surface area contributed by atoms with Crippen molar-refractivity contribution in [2.45, 2.75) is 37.2 Å². The van der Waals surface area contributed by atoms with Gasteiger partial charge in [0.05, 0.1) is 17.6 Å². The number of halogens is 2. The van der Waals surface area contributed by atoms with Gasteiger partial charge in [-0.15, -0.1) is 0 Å². The van der Waals surface area contributed by atoms with Crippen molar-refractivity contribution in [3.05, 3.63) is 33.4 Å². The molecule has 2 heterocycles. The molecule has 2 aliphatic heterocycles. The number of methoxy groups -OCH3 is 1. The molecule has 4 nitrogen and oxygen atoms in total. The first kappa shape index (κ1) is 22.7. The zero-order chi connectivity index (χ0) is 16.2. The summed E-state index contributed by atoms with van der Waals surface area (Å²) in [5.41, 5.74) is 2.21. The second kappa shape index (κ2) is 10.8. The number of rotatable bonds is 6. The van der Waals surface area contributed by atoms with Crippen molar-refractivity contribution in [3.8, 4) is 5.75 Å². The minimum absolute atomic E-state index is 0. The Balaban J connectivity index is 0.00000156. The Hall–Kier alpha value is -0.300. The average molecular weight is 426 g/mol. The summed E-state index contributed by atoms with van der Waals surface area (Å²) in [6.07, 6.45) is 5.15. The molecule has 0 spiro atoms. The van der Waals surface area contributed by atoms with E-state index in [4.69, 9.17) is 4.74 Å². The molecule has 1 aromatic carbocycles. The highest BCUT2D eigenvalue weighted by Crippen LogP contribution is 2.34. The number of nitrogens with zero attached hydrogens (tertiary/aromatic N) is 1. The fraction of sp³-hybridized carbons (Fsp3) is 0.647. The molecule has 0 aliphatic carbocycles. The SMILES string of the molecule is COc1cc(C[S+]2CCCC2)c([N+](=O)[O-])cc1C[S+]1CCCC1.[Cl-].[Cl-]. The van der Waals surface area contributed by atoms with Crippen LogP contribution < -0.4 is 29.6 Å². The molecule has 0 radical (unpaired) electrons. The summed E-state index contributed by atoms with van der Waals surface area (Å²) < 4.78 is 5.58. The monoisotopic (exact) mass is 425 g/mol. The van der Waals surface area contributed by atoms with Gasteiger partial charge in [-0.25, -0.2) is 0 Å². The van der Waals surface area contributed by atoms with Gasteiger partial charge in [0.25, 0.3) is 5.69 Å². The third-order valence-electron chi connectivity index (χ3n) is 4.63. The van der Waals surface area contributed by atoms with Crippen LogP contribution >= 0.6 is 0 Å². The van der Waals surface area contributed by atoms with Crippen molar-refractivity contribution in [1.29, 1.82) is 0 Å². The molecule has 2 saturated heterocycles. The summed E-state index contributed by atoms with van der Waals surface area (Å²) in [4.78, 5) is 11.4. The lowest BCUT2D eigenvalue weighted by molar-refractivity contribution is -0.385. The van der Waals surface area contributed by atoms with Crippen LogP contribution in [0.4, 0.5) is 5.69 Å². The number of hydrogen-bond acceptors (Lipinski definition) is 3. The van der Waals surface area contributed by atoms with E-state index in [0.29, 0.717) is 27.5 Å². The lowest BCUT2D eigenvalue weighted by atomic mass is 10.1. The Labute approximate surface area is 168 Å². The molecule has 3 rings (SSSR count). The molecule has 2 fully saturated rings. The van der Waals surface area contributed by atoms with Crippen LogP contribution in [0.3, 0.4) is 0 Å². The first-order chi connectivity index (χ1) is 11.2. The lowest BCUT2D eigenvalue weighted by Crippen LogP contribution is -3.00. The van der Waals surface area contributed by atoms with Crippen molar-refractivity contribution in [2.75, 3.05) is 30.1 Å². The molecule has 0 bridgehead atoms. The maximum absolute atomic E-state index is 11.6. The van der Waals surface area contributed by atoms with Crippen LogP contribution in [0.25, 0.3) is 0 Å². The summed E-state index contributed by atoms with van der Waals surface area (Å²) in [5.74, 6) is 7.63. The smallest absolute Gasteiger partial charge is 0.278 e. The Morgan fingerprint density at radius 3 is 1.88 bits per heavy atom. The molecule has 0 N–H and O–H groups in total. The van der Waals surface area contributed by atoms with Crippen LogP contribution in [0.5, 0.6) is 5.75 Å². The fourth-order valence-electron chi connectivity index (χ4n) is 3.40. The largest absolute Gasteiger partial charge is 1.00 e.